The molecule has 1 aromatic rings. The van der Waals surface area contributed by atoms with Crippen molar-refractivity contribution in [1.82, 2.24) is 10.2 Å². The molecule has 0 aliphatic carbocycles. The molecule has 3 rings (SSSR count). The summed E-state index contributed by atoms with van der Waals surface area (Å²) >= 11 is 0. The zero-order valence-electron chi connectivity index (χ0n) is 11.6. The Kier molecular flexibility index (Phi) is 3.44. The third-order valence-electron chi connectivity index (χ3n) is 4.22. The topological polar surface area (TPSA) is 49.4 Å². The summed E-state index contributed by atoms with van der Waals surface area (Å²) in [6.07, 6.45) is 1.83. The molecule has 0 aromatic heterocycles. The molecule has 2 aliphatic heterocycles. The van der Waals surface area contributed by atoms with Gasteiger partial charge in [-0.05, 0) is 12.5 Å². The molecule has 0 amide bonds. The number of nitrogens with one attached hydrogen (secondary N) is 1. The summed E-state index contributed by atoms with van der Waals surface area (Å²) in [5.41, 5.74) is 1.12. The molecule has 1 saturated heterocycles. The van der Waals surface area contributed by atoms with Crippen molar-refractivity contribution in [3.8, 4) is 0 Å². The maximum atomic E-state index is 11.6. The van der Waals surface area contributed by atoms with Gasteiger partial charge in [-0.1, -0.05) is 36.4 Å². The van der Waals surface area contributed by atoms with E-state index in [1.807, 2.05) is 24.3 Å². The van der Waals surface area contributed by atoms with Crippen molar-refractivity contribution in [2.24, 2.45) is 0 Å². The summed E-state index contributed by atoms with van der Waals surface area (Å²) in [6.45, 7) is 4.76. The molecule has 2 aliphatic rings. The first-order valence-electron chi connectivity index (χ1n) is 6.94. The first-order valence-corrected chi connectivity index (χ1v) is 8.66. The van der Waals surface area contributed by atoms with Gasteiger partial charge in [0.05, 0.1) is 11.3 Å². The Morgan fingerprint density at radius 1 is 1.30 bits per heavy atom. The lowest BCUT2D eigenvalue weighted by molar-refractivity contribution is 0.126. The van der Waals surface area contributed by atoms with Crippen molar-refractivity contribution < 1.29 is 8.42 Å². The summed E-state index contributed by atoms with van der Waals surface area (Å²) in [7, 11) is -2.99. The molecule has 0 radical (unpaired) electrons. The molecule has 108 valence electrons. The van der Waals surface area contributed by atoms with E-state index in [2.05, 4.69) is 29.3 Å². The lowest BCUT2D eigenvalue weighted by atomic mass is 9.89. The molecule has 2 unspecified atom stereocenters. The fourth-order valence-corrected chi connectivity index (χ4v) is 4.42. The zero-order chi connectivity index (χ0) is 14.2. The average molecular weight is 292 g/mol. The second-order valence-corrected chi connectivity index (χ2v) is 7.75. The number of benzene rings is 1. The minimum atomic E-state index is -2.99. The standard InChI is InChI=1S/C15H20N2O2S/c1-15(13-5-3-2-4-6-13)12-17(9-8-16-15)14-7-10-20(18,19)11-14/h2-7,10,14,16H,8-9,11-12H2,1H3. The smallest absolute Gasteiger partial charge is 0.173 e. The highest BCUT2D eigenvalue weighted by Gasteiger charge is 2.36. The van der Waals surface area contributed by atoms with Gasteiger partial charge in [0.15, 0.2) is 9.84 Å². The number of rotatable bonds is 2. The van der Waals surface area contributed by atoms with Crippen molar-refractivity contribution in [2.45, 2.75) is 18.5 Å². The number of piperazine rings is 1. The Labute approximate surface area is 120 Å². The molecule has 0 saturated carbocycles. The number of sulfone groups is 1. The summed E-state index contributed by atoms with van der Waals surface area (Å²) in [4.78, 5) is 2.27. The highest BCUT2D eigenvalue weighted by Crippen LogP contribution is 2.27. The van der Waals surface area contributed by atoms with Gasteiger partial charge >= 0.3 is 0 Å². The Balaban J connectivity index is 1.79. The highest BCUT2D eigenvalue weighted by molar-refractivity contribution is 7.94. The highest BCUT2D eigenvalue weighted by atomic mass is 32.2. The molecular formula is C15H20N2O2S. The van der Waals surface area contributed by atoms with Gasteiger partial charge in [0.1, 0.15) is 0 Å². The predicted molar refractivity (Wildman–Crippen MR) is 80.1 cm³/mol. The van der Waals surface area contributed by atoms with E-state index in [4.69, 9.17) is 0 Å². The van der Waals surface area contributed by atoms with Crippen LogP contribution in [-0.4, -0.2) is 44.7 Å². The van der Waals surface area contributed by atoms with Crippen LogP contribution in [0.25, 0.3) is 0 Å². The molecule has 5 heteroatoms. The van der Waals surface area contributed by atoms with Gasteiger partial charge in [0.2, 0.25) is 0 Å². The molecule has 0 spiro atoms. The van der Waals surface area contributed by atoms with Crippen LogP contribution in [0.5, 0.6) is 0 Å². The number of hydrogen-bond acceptors (Lipinski definition) is 4. The van der Waals surface area contributed by atoms with Crippen LogP contribution >= 0.6 is 0 Å². The summed E-state index contributed by atoms with van der Waals surface area (Å²) in [5.74, 6) is 0.220. The predicted octanol–water partition coefficient (Wildman–Crippen LogP) is 1.12. The normalized spacial score (nSPS) is 33.4. The van der Waals surface area contributed by atoms with Crippen LogP contribution in [0.3, 0.4) is 0 Å². The monoisotopic (exact) mass is 292 g/mol. The maximum absolute atomic E-state index is 11.6. The van der Waals surface area contributed by atoms with Crippen molar-refractivity contribution in [3.63, 3.8) is 0 Å². The van der Waals surface area contributed by atoms with Gasteiger partial charge in [0.25, 0.3) is 0 Å². The van der Waals surface area contributed by atoms with Gasteiger partial charge in [-0.25, -0.2) is 8.42 Å². The largest absolute Gasteiger partial charge is 0.305 e. The first kappa shape index (κ1) is 13.8. The first-order chi connectivity index (χ1) is 9.49. The Morgan fingerprint density at radius 2 is 2.05 bits per heavy atom. The van der Waals surface area contributed by atoms with Crippen molar-refractivity contribution in [2.75, 3.05) is 25.4 Å². The van der Waals surface area contributed by atoms with Crippen LogP contribution in [0.4, 0.5) is 0 Å². The van der Waals surface area contributed by atoms with Crippen LogP contribution in [0.1, 0.15) is 12.5 Å². The third-order valence-corrected chi connectivity index (χ3v) is 5.60. The van der Waals surface area contributed by atoms with E-state index in [9.17, 15) is 8.42 Å². The molecule has 0 bridgehead atoms. The summed E-state index contributed by atoms with van der Waals surface area (Å²) in [5, 5.41) is 4.93. The molecule has 20 heavy (non-hydrogen) atoms. The summed E-state index contributed by atoms with van der Waals surface area (Å²) < 4.78 is 23.2. The van der Waals surface area contributed by atoms with Gasteiger partial charge < -0.3 is 5.32 Å². The van der Waals surface area contributed by atoms with E-state index in [0.717, 1.165) is 19.6 Å². The number of hydrogen-bond donors (Lipinski definition) is 1. The average Bonchev–Trinajstić information content (AvgIpc) is 2.80. The van der Waals surface area contributed by atoms with Gasteiger partial charge in [-0.2, -0.15) is 0 Å². The second-order valence-electron chi connectivity index (χ2n) is 5.82. The van der Waals surface area contributed by atoms with Crippen LogP contribution in [0.15, 0.2) is 41.8 Å². The molecule has 1 fully saturated rings. The van der Waals surface area contributed by atoms with E-state index in [1.54, 1.807) is 0 Å². The summed E-state index contributed by atoms with van der Waals surface area (Å²) in [6, 6.07) is 10.4. The minimum absolute atomic E-state index is 0.0186. The fourth-order valence-electron chi connectivity index (χ4n) is 3.09. The SMILES string of the molecule is CC1(c2ccccc2)CN(C2C=CS(=O)(=O)C2)CCN1. The van der Waals surface area contributed by atoms with Gasteiger partial charge in [-0.3, -0.25) is 4.90 Å². The molecular weight excluding hydrogens is 272 g/mol. The third kappa shape index (κ3) is 2.66. The lowest BCUT2D eigenvalue weighted by Crippen LogP contribution is -2.59. The van der Waals surface area contributed by atoms with E-state index >= 15 is 0 Å². The van der Waals surface area contributed by atoms with Crippen LogP contribution in [0, 0.1) is 0 Å². The van der Waals surface area contributed by atoms with Crippen LogP contribution < -0.4 is 5.32 Å². The van der Waals surface area contributed by atoms with Crippen LogP contribution in [-0.2, 0) is 15.4 Å². The maximum Gasteiger partial charge on any atom is 0.173 e. The van der Waals surface area contributed by atoms with Crippen LogP contribution in [0.2, 0.25) is 0 Å². The molecule has 2 atom stereocenters. The molecule has 1 N–H and O–H groups in total. The van der Waals surface area contributed by atoms with Crippen molar-refractivity contribution in [1.29, 1.82) is 0 Å². The Morgan fingerprint density at radius 3 is 2.70 bits per heavy atom. The van der Waals surface area contributed by atoms with E-state index in [1.165, 1.54) is 11.0 Å². The van der Waals surface area contributed by atoms with E-state index < -0.39 is 9.84 Å². The van der Waals surface area contributed by atoms with E-state index in [-0.39, 0.29) is 17.3 Å². The quantitative estimate of drug-likeness (QED) is 0.887. The van der Waals surface area contributed by atoms with Crippen molar-refractivity contribution in [3.05, 3.63) is 47.4 Å². The molecule has 1 aromatic carbocycles. The van der Waals surface area contributed by atoms with Gasteiger partial charge in [-0.15, -0.1) is 0 Å². The van der Waals surface area contributed by atoms with E-state index in [0.29, 0.717) is 0 Å². The zero-order valence-corrected chi connectivity index (χ0v) is 12.4. The fraction of sp³-hybridized carbons (Fsp3) is 0.467. The number of nitrogens with zero attached hydrogens (tertiary/aromatic N) is 1. The van der Waals surface area contributed by atoms with Crippen molar-refractivity contribution >= 4 is 9.84 Å². The van der Waals surface area contributed by atoms with Gasteiger partial charge in [0, 0.05) is 31.1 Å². The minimum Gasteiger partial charge on any atom is -0.305 e. The molecule has 2 heterocycles. The Bertz CT molecular complexity index is 612. The second kappa shape index (κ2) is 4.98. The lowest BCUT2D eigenvalue weighted by Gasteiger charge is -2.43. The molecule has 4 nitrogen and oxygen atoms in total. The Hall–Kier alpha value is -1.17.